The van der Waals surface area contributed by atoms with Gasteiger partial charge >= 0.3 is 0 Å². The molecule has 0 aliphatic carbocycles. The molecule has 0 bridgehead atoms. The molecule has 0 spiro atoms. The van der Waals surface area contributed by atoms with Crippen LogP contribution in [-0.2, 0) is 4.79 Å². The first-order chi connectivity index (χ1) is 10.5. The van der Waals surface area contributed by atoms with E-state index in [1.165, 1.54) is 11.8 Å². The standard InChI is InChI=1S/C15H21N5OS/c1-10(2)20(11(3)4)13(21)9-22-15-17-14(18-19-15)12-5-7-16-8-6-12/h5-8,10-11H,9H2,1-4H3,(H,17,18,19). The van der Waals surface area contributed by atoms with Crippen LogP contribution in [0.4, 0.5) is 0 Å². The number of hydrogen-bond acceptors (Lipinski definition) is 5. The first-order valence-electron chi connectivity index (χ1n) is 7.25. The molecule has 6 nitrogen and oxygen atoms in total. The summed E-state index contributed by atoms with van der Waals surface area (Å²) in [6.45, 7) is 8.10. The molecule has 2 heterocycles. The molecule has 2 aromatic heterocycles. The quantitative estimate of drug-likeness (QED) is 0.828. The number of H-pyrrole nitrogens is 1. The zero-order valence-corrected chi connectivity index (χ0v) is 14.1. The number of amides is 1. The summed E-state index contributed by atoms with van der Waals surface area (Å²) in [6, 6.07) is 4.10. The average molecular weight is 319 g/mol. The van der Waals surface area contributed by atoms with E-state index in [1.54, 1.807) is 12.4 Å². The largest absolute Gasteiger partial charge is 0.337 e. The molecule has 0 radical (unpaired) electrons. The molecule has 22 heavy (non-hydrogen) atoms. The first kappa shape index (κ1) is 16.5. The third-order valence-electron chi connectivity index (χ3n) is 3.14. The van der Waals surface area contributed by atoms with Gasteiger partial charge in [0.15, 0.2) is 5.82 Å². The van der Waals surface area contributed by atoms with Gasteiger partial charge in [-0.05, 0) is 39.8 Å². The van der Waals surface area contributed by atoms with Crippen LogP contribution in [0, 0.1) is 0 Å². The molecule has 2 rings (SSSR count). The minimum atomic E-state index is 0.102. The molecule has 1 N–H and O–H groups in total. The van der Waals surface area contributed by atoms with Crippen molar-refractivity contribution in [3.63, 3.8) is 0 Å². The Bertz CT molecular complexity index is 603. The summed E-state index contributed by atoms with van der Waals surface area (Å²) in [6.07, 6.45) is 3.41. The highest BCUT2D eigenvalue weighted by Crippen LogP contribution is 2.19. The van der Waals surface area contributed by atoms with Gasteiger partial charge in [0.25, 0.3) is 0 Å². The lowest BCUT2D eigenvalue weighted by molar-refractivity contribution is -0.131. The number of aromatic nitrogens is 4. The number of rotatable bonds is 6. The molecular weight excluding hydrogens is 298 g/mol. The number of carbonyl (C=O) groups is 1. The summed E-state index contributed by atoms with van der Waals surface area (Å²) in [5, 5.41) is 7.61. The van der Waals surface area contributed by atoms with Crippen molar-refractivity contribution >= 4 is 17.7 Å². The summed E-state index contributed by atoms with van der Waals surface area (Å²) >= 11 is 1.35. The third-order valence-corrected chi connectivity index (χ3v) is 3.98. The van der Waals surface area contributed by atoms with Crippen LogP contribution >= 0.6 is 11.8 Å². The molecule has 0 fully saturated rings. The number of pyridine rings is 1. The van der Waals surface area contributed by atoms with Gasteiger partial charge in [-0.15, -0.1) is 5.10 Å². The average Bonchev–Trinajstić information content (AvgIpc) is 2.94. The zero-order valence-electron chi connectivity index (χ0n) is 13.3. The molecule has 0 aliphatic rings. The van der Waals surface area contributed by atoms with Crippen LogP contribution in [0.5, 0.6) is 0 Å². The number of hydrogen-bond donors (Lipinski definition) is 1. The van der Waals surface area contributed by atoms with Crippen molar-refractivity contribution in [2.75, 3.05) is 5.75 Å². The first-order valence-corrected chi connectivity index (χ1v) is 8.24. The predicted molar refractivity (Wildman–Crippen MR) is 87.5 cm³/mol. The van der Waals surface area contributed by atoms with Gasteiger partial charge in [-0.2, -0.15) is 0 Å². The maximum Gasteiger partial charge on any atom is 0.233 e. The van der Waals surface area contributed by atoms with E-state index < -0.39 is 0 Å². The van der Waals surface area contributed by atoms with Gasteiger partial charge in [0.05, 0.1) is 5.75 Å². The van der Waals surface area contributed by atoms with E-state index >= 15 is 0 Å². The number of nitrogens with one attached hydrogen (secondary N) is 1. The fourth-order valence-corrected chi connectivity index (χ4v) is 2.99. The number of nitrogens with zero attached hydrogens (tertiary/aromatic N) is 4. The van der Waals surface area contributed by atoms with E-state index in [-0.39, 0.29) is 18.0 Å². The predicted octanol–water partition coefficient (Wildman–Crippen LogP) is 2.60. The smallest absolute Gasteiger partial charge is 0.233 e. The van der Waals surface area contributed by atoms with Gasteiger partial charge < -0.3 is 4.90 Å². The fourth-order valence-electron chi connectivity index (χ4n) is 2.32. The molecule has 118 valence electrons. The van der Waals surface area contributed by atoms with Crippen molar-refractivity contribution < 1.29 is 4.79 Å². The molecule has 2 aromatic rings. The third kappa shape index (κ3) is 4.07. The minimum absolute atomic E-state index is 0.102. The molecule has 1 amide bonds. The van der Waals surface area contributed by atoms with Crippen molar-refractivity contribution in [3.05, 3.63) is 24.5 Å². The Balaban J connectivity index is 1.98. The van der Waals surface area contributed by atoms with Crippen molar-refractivity contribution in [2.45, 2.75) is 44.9 Å². The Morgan fingerprint density at radius 1 is 1.23 bits per heavy atom. The highest BCUT2D eigenvalue weighted by molar-refractivity contribution is 7.99. The van der Waals surface area contributed by atoms with Gasteiger partial charge in [0.1, 0.15) is 0 Å². The molecule has 0 saturated heterocycles. The maximum atomic E-state index is 12.3. The molecule has 0 aliphatic heterocycles. The van der Waals surface area contributed by atoms with E-state index in [9.17, 15) is 4.79 Å². The minimum Gasteiger partial charge on any atom is -0.337 e. The second-order valence-corrected chi connectivity index (χ2v) is 6.42. The summed E-state index contributed by atoms with van der Waals surface area (Å²) in [4.78, 5) is 22.6. The van der Waals surface area contributed by atoms with Crippen LogP contribution in [0.25, 0.3) is 11.4 Å². The maximum absolute atomic E-state index is 12.3. The van der Waals surface area contributed by atoms with Crippen LogP contribution in [0.1, 0.15) is 27.7 Å². The van der Waals surface area contributed by atoms with Crippen LogP contribution in [-0.4, -0.2) is 48.8 Å². The van der Waals surface area contributed by atoms with Crippen molar-refractivity contribution in [1.29, 1.82) is 0 Å². The highest BCUT2D eigenvalue weighted by Gasteiger charge is 2.20. The normalized spacial score (nSPS) is 11.2. The number of thioether (sulfide) groups is 1. The van der Waals surface area contributed by atoms with E-state index in [0.29, 0.717) is 16.7 Å². The monoisotopic (exact) mass is 319 g/mol. The Kier molecular flexibility index (Phi) is 5.54. The highest BCUT2D eigenvalue weighted by atomic mass is 32.2. The zero-order chi connectivity index (χ0) is 16.1. The molecule has 0 unspecified atom stereocenters. The fraction of sp³-hybridized carbons (Fsp3) is 0.467. The Morgan fingerprint density at radius 3 is 2.45 bits per heavy atom. The van der Waals surface area contributed by atoms with Gasteiger partial charge in [-0.3, -0.25) is 14.9 Å². The number of aromatic amines is 1. The van der Waals surface area contributed by atoms with Gasteiger partial charge in [0.2, 0.25) is 11.1 Å². The lowest BCUT2D eigenvalue weighted by Crippen LogP contribution is -2.43. The number of carbonyl (C=O) groups excluding carboxylic acids is 1. The van der Waals surface area contributed by atoms with E-state index in [1.807, 2.05) is 44.7 Å². The second-order valence-electron chi connectivity index (χ2n) is 5.48. The molecule has 0 saturated carbocycles. The van der Waals surface area contributed by atoms with Crippen molar-refractivity contribution in [1.82, 2.24) is 25.1 Å². The topological polar surface area (TPSA) is 74.8 Å². The molecule has 0 aromatic carbocycles. The Hall–Kier alpha value is -1.89. The summed E-state index contributed by atoms with van der Waals surface area (Å²) in [5.74, 6) is 1.12. The summed E-state index contributed by atoms with van der Waals surface area (Å²) < 4.78 is 0. The van der Waals surface area contributed by atoms with E-state index in [0.717, 1.165) is 5.56 Å². The lowest BCUT2D eigenvalue weighted by atomic mass is 10.2. The van der Waals surface area contributed by atoms with Crippen LogP contribution < -0.4 is 0 Å². The van der Waals surface area contributed by atoms with E-state index in [2.05, 4.69) is 20.2 Å². The van der Waals surface area contributed by atoms with Crippen molar-refractivity contribution in [2.24, 2.45) is 0 Å². The second kappa shape index (κ2) is 7.40. The van der Waals surface area contributed by atoms with Crippen LogP contribution in [0.15, 0.2) is 29.7 Å². The lowest BCUT2D eigenvalue weighted by Gasteiger charge is -2.30. The van der Waals surface area contributed by atoms with Gasteiger partial charge in [-0.1, -0.05) is 11.8 Å². The van der Waals surface area contributed by atoms with Gasteiger partial charge in [-0.25, -0.2) is 4.98 Å². The molecule has 7 heteroatoms. The molecular formula is C15H21N5OS. The summed E-state index contributed by atoms with van der Waals surface area (Å²) in [7, 11) is 0. The van der Waals surface area contributed by atoms with Gasteiger partial charge in [0, 0.05) is 30.0 Å². The van der Waals surface area contributed by atoms with E-state index in [4.69, 9.17) is 0 Å². The summed E-state index contributed by atoms with van der Waals surface area (Å²) in [5.41, 5.74) is 0.923. The van der Waals surface area contributed by atoms with Crippen LogP contribution in [0.3, 0.4) is 0 Å². The van der Waals surface area contributed by atoms with Crippen LogP contribution in [0.2, 0.25) is 0 Å². The van der Waals surface area contributed by atoms with Crippen molar-refractivity contribution in [3.8, 4) is 11.4 Å². The SMILES string of the molecule is CC(C)N(C(=O)CSc1n[nH]c(-c2ccncc2)n1)C(C)C. The Morgan fingerprint density at radius 2 is 1.86 bits per heavy atom. The molecule has 0 atom stereocenters. The Labute approximate surface area is 134 Å².